The van der Waals surface area contributed by atoms with Crippen molar-refractivity contribution in [2.45, 2.75) is 32.3 Å². The van der Waals surface area contributed by atoms with E-state index >= 15 is 0 Å². The molecular formula is C26H26N4O5S. The molecule has 0 fully saturated rings. The van der Waals surface area contributed by atoms with Gasteiger partial charge in [0.15, 0.2) is 23.0 Å². The number of thioether (sulfide) groups is 1. The molecule has 0 radical (unpaired) electrons. The lowest BCUT2D eigenvalue weighted by Gasteiger charge is -2.15. The second-order valence-corrected chi connectivity index (χ2v) is 9.22. The van der Waals surface area contributed by atoms with Crippen LogP contribution in [0.25, 0.3) is 22.9 Å². The molecule has 186 valence electrons. The van der Waals surface area contributed by atoms with Crippen molar-refractivity contribution in [3.8, 4) is 28.7 Å². The quantitative estimate of drug-likeness (QED) is 0.200. The molecule has 0 bridgehead atoms. The maximum Gasteiger partial charge on any atom is 0.224 e. The number of hydrogen-bond donors (Lipinski definition) is 1. The number of nitrogens with one attached hydrogen (secondary N) is 1. The maximum absolute atomic E-state index is 13.0. The van der Waals surface area contributed by atoms with Crippen LogP contribution in [0.3, 0.4) is 0 Å². The number of nitrogens with zero attached hydrogens (tertiary/aromatic N) is 3. The van der Waals surface area contributed by atoms with Crippen LogP contribution in [0.5, 0.6) is 5.75 Å². The van der Waals surface area contributed by atoms with Crippen LogP contribution in [-0.2, 0) is 4.79 Å². The number of furan rings is 2. The maximum atomic E-state index is 13.0. The summed E-state index contributed by atoms with van der Waals surface area (Å²) in [4.78, 5) is 29.6. The van der Waals surface area contributed by atoms with E-state index in [1.165, 1.54) is 0 Å². The van der Waals surface area contributed by atoms with Gasteiger partial charge in [0.1, 0.15) is 11.4 Å². The third kappa shape index (κ3) is 6.19. The van der Waals surface area contributed by atoms with Gasteiger partial charge in [-0.05, 0) is 48.4 Å². The Labute approximate surface area is 212 Å². The van der Waals surface area contributed by atoms with Gasteiger partial charge in [-0.15, -0.1) is 10.2 Å². The molecule has 3 aromatic heterocycles. The summed E-state index contributed by atoms with van der Waals surface area (Å²) in [6.07, 6.45) is 3.40. The van der Waals surface area contributed by atoms with E-state index in [2.05, 4.69) is 20.5 Å². The number of rotatable bonds is 11. The Bertz CT molecular complexity index is 1320. The van der Waals surface area contributed by atoms with Crippen molar-refractivity contribution < 1.29 is 23.2 Å². The molecule has 0 aliphatic heterocycles. The van der Waals surface area contributed by atoms with Crippen LogP contribution >= 0.6 is 11.8 Å². The van der Waals surface area contributed by atoms with Crippen molar-refractivity contribution in [2.75, 3.05) is 17.7 Å². The summed E-state index contributed by atoms with van der Waals surface area (Å²) in [5.41, 5.74) is 1.83. The second-order valence-electron chi connectivity index (χ2n) is 8.28. The molecule has 1 N–H and O–H groups in total. The van der Waals surface area contributed by atoms with Crippen LogP contribution in [-0.4, -0.2) is 39.2 Å². The van der Waals surface area contributed by atoms with Crippen LogP contribution in [0.1, 0.15) is 37.6 Å². The fraction of sp³-hybridized carbons (Fsp3) is 0.269. The van der Waals surface area contributed by atoms with Crippen molar-refractivity contribution in [1.82, 2.24) is 15.2 Å². The van der Waals surface area contributed by atoms with Gasteiger partial charge in [0, 0.05) is 12.0 Å². The summed E-state index contributed by atoms with van der Waals surface area (Å²) >= 11 is 1.16. The van der Waals surface area contributed by atoms with Gasteiger partial charge in [-0.3, -0.25) is 9.59 Å². The van der Waals surface area contributed by atoms with Gasteiger partial charge in [0.2, 0.25) is 11.1 Å². The number of aromatic nitrogens is 3. The number of ether oxygens (including phenoxy) is 1. The van der Waals surface area contributed by atoms with Crippen LogP contribution in [0.15, 0.2) is 69.0 Å². The topological polar surface area (TPSA) is 120 Å². The highest BCUT2D eigenvalue weighted by molar-refractivity contribution is 7.99. The molecule has 3 heterocycles. The lowest BCUT2D eigenvalue weighted by atomic mass is 10.1. The SMILES string of the molecule is CCC(=O)Nc1cc(C(=O)CSc2nnc(-c3ccco3)c(-c3ccco3)n2)ccc1OCC(C)C. The lowest BCUT2D eigenvalue weighted by molar-refractivity contribution is -0.115. The zero-order valence-corrected chi connectivity index (χ0v) is 21.0. The number of benzene rings is 1. The minimum atomic E-state index is -0.162. The van der Waals surface area contributed by atoms with E-state index in [9.17, 15) is 9.59 Å². The normalized spacial score (nSPS) is 11.0. The first kappa shape index (κ1) is 25.2. The molecule has 4 rings (SSSR count). The summed E-state index contributed by atoms with van der Waals surface area (Å²) in [5, 5.41) is 11.6. The molecular weight excluding hydrogens is 480 g/mol. The predicted octanol–water partition coefficient (Wildman–Crippen LogP) is 5.75. The van der Waals surface area contributed by atoms with E-state index in [0.717, 1.165) is 11.8 Å². The van der Waals surface area contributed by atoms with E-state index in [4.69, 9.17) is 13.6 Å². The largest absolute Gasteiger partial charge is 0.491 e. The number of hydrogen-bond acceptors (Lipinski definition) is 9. The van der Waals surface area contributed by atoms with E-state index < -0.39 is 0 Å². The highest BCUT2D eigenvalue weighted by atomic mass is 32.2. The minimum Gasteiger partial charge on any atom is -0.491 e. The van der Waals surface area contributed by atoms with Gasteiger partial charge in [0.25, 0.3) is 0 Å². The molecule has 0 unspecified atom stereocenters. The molecule has 1 amide bonds. The third-order valence-electron chi connectivity index (χ3n) is 4.98. The monoisotopic (exact) mass is 506 g/mol. The van der Waals surface area contributed by atoms with Gasteiger partial charge in [0.05, 0.1) is 30.6 Å². The molecule has 10 heteroatoms. The van der Waals surface area contributed by atoms with E-state index in [1.54, 1.807) is 61.9 Å². The smallest absolute Gasteiger partial charge is 0.224 e. The van der Waals surface area contributed by atoms with Crippen LogP contribution in [0.4, 0.5) is 5.69 Å². The highest BCUT2D eigenvalue weighted by Gasteiger charge is 2.19. The van der Waals surface area contributed by atoms with Crippen LogP contribution in [0.2, 0.25) is 0 Å². The van der Waals surface area contributed by atoms with Crippen molar-refractivity contribution >= 4 is 29.1 Å². The Hall–Kier alpha value is -3.92. The zero-order chi connectivity index (χ0) is 25.5. The Kier molecular flexibility index (Phi) is 8.17. The fourth-order valence-electron chi connectivity index (χ4n) is 3.17. The summed E-state index contributed by atoms with van der Waals surface area (Å²) in [6, 6.07) is 12.1. The Morgan fingerprint density at radius 1 is 1.03 bits per heavy atom. The van der Waals surface area contributed by atoms with E-state index in [-0.39, 0.29) is 17.4 Å². The molecule has 0 saturated carbocycles. The Morgan fingerprint density at radius 2 is 1.75 bits per heavy atom. The third-order valence-corrected chi connectivity index (χ3v) is 5.82. The molecule has 0 spiro atoms. The summed E-state index contributed by atoms with van der Waals surface area (Å²) in [5.74, 6) is 1.63. The summed E-state index contributed by atoms with van der Waals surface area (Å²) in [6.45, 7) is 6.33. The number of amides is 1. The van der Waals surface area contributed by atoms with Crippen molar-refractivity contribution in [2.24, 2.45) is 5.92 Å². The summed E-state index contributed by atoms with van der Waals surface area (Å²) < 4.78 is 16.8. The Morgan fingerprint density at radius 3 is 2.39 bits per heavy atom. The average molecular weight is 507 g/mol. The molecule has 36 heavy (non-hydrogen) atoms. The molecule has 4 aromatic rings. The molecule has 9 nitrogen and oxygen atoms in total. The minimum absolute atomic E-state index is 0.0761. The number of anilines is 1. The first-order valence-corrected chi connectivity index (χ1v) is 12.5. The molecule has 0 atom stereocenters. The summed E-state index contributed by atoms with van der Waals surface area (Å²) in [7, 11) is 0. The highest BCUT2D eigenvalue weighted by Crippen LogP contribution is 2.31. The van der Waals surface area contributed by atoms with Crippen LogP contribution < -0.4 is 10.1 Å². The average Bonchev–Trinajstić information content (AvgIpc) is 3.61. The first-order valence-electron chi connectivity index (χ1n) is 11.5. The zero-order valence-electron chi connectivity index (χ0n) is 20.2. The van der Waals surface area contributed by atoms with E-state index in [0.29, 0.717) is 64.0 Å². The standard InChI is InChI=1S/C26H26N4O5S/c1-4-23(32)27-18-13-17(9-10-20(18)35-14-16(2)3)19(31)15-36-26-28-24(21-7-5-11-33-21)25(29-30-26)22-8-6-12-34-22/h5-13,16H,4,14-15H2,1-3H3,(H,27,32). The van der Waals surface area contributed by atoms with Crippen LogP contribution in [0, 0.1) is 5.92 Å². The number of carbonyl (C=O) groups excluding carboxylic acids is 2. The van der Waals surface area contributed by atoms with Crippen molar-refractivity contribution in [3.63, 3.8) is 0 Å². The number of Topliss-reactive ketones (excluding diaryl/α,β-unsaturated/α-hetero) is 1. The molecule has 0 aliphatic carbocycles. The van der Waals surface area contributed by atoms with Gasteiger partial charge >= 0.3 is 0 Å². The Balaban J connectivity index is 1.52. The fourth-order valence-corrected chi connectivity index (χ4v) is 3.85. The second kappa shape index (κ2) is 11.7. The van der Waals surface area contributed by atoms with Gasteiger partial charge in [-0.2, -0.15) is 0 Å². The predicted molar refractivity (Wildman–Crippen MR) is 136 cm³/mol. The number of ketones is 1. The number of carbonyl (C=O) groups is 2. The van der Waals surface area contributed by atoms with Gasteiger partial charge in [-0.25, -0.2) is 4.98 Å². The van der Waals surface area contributed by atoms with Crippen molar-refractivity contribution in [3.05, 3.63) is 60.6 Å². The molecule has 0 saturated heterocycles. The lowest BCUT2D eigenvalue weighted by Crippen LogP contribution is -2.13. The van der Waals surface area contributed by atoms with Gasteiger partial charge in [-0.1, -0.05) is 32.5 Å². The molecule has 1 aromatic carbocycles. The van der Waals surface area contributed by atoms with E-state index in [1.807, 2.05) is 13.8 Å². The van der Waals surface area contributed by atoms with Crippen molar-refractivity contribution in [1.29, 1.82) is 0 Å². The molecule has 0 aliphatic rings. The first-order chi connectivity index (χ1) is 17.4. The van der Waals surface area contributed by atoms with Gasteiger partial charge < -0.3 is 18.9 Å².